The van der Waals surface area contributed by atoms with Crippen LogP contribution in [0.1, 0.15) is 23.0 Å². The van der Waals surface area contributed by atoms with Gasteiger partial charge in [0.15, 0.2) is 11.6 Å². The number of hydrogen-bond donors (Lipinski definition) is 1. The van der Waals surface area contributed by atoms with E-state index in [0.29, 0.717) is 17.9 Å². The average molecular weight is 285 g/mol. The topological polar surface area (TPSA) is 75.0 Å². The Balaban J connectivity index is 2.12. The summed E-state index contributed by atoms with van der Waals surface area (Å²) in [7, 11) is 0. The lowest BCUT2D eigenvalue weighted by atomic mass is 10.2. The van der Waals surface area contributed by atoms with Crippen molar-refractivity contribution in [3.8, 4) is 11.8 Å². The SMILES string of the molecule is CCOc1ccc(NC(=O)c2ccc(C#N)cn2)cc1F. The van der Waals surface area contributed by atoms with Gasteiger partial charge in [-0.2, -0.15) is 5.26 Å². The number of halogens is 1. The molecule has 5 nitrogen and oxygen atoms in total. The van der Waals surface area contributed by atoms with Crippen molar-refractivity contribution in [2.24, 2.45) is 0 Å². The van der Waals surface area contributed by atoms with Gasteiger partial charge in [0, 0.05) is 18.0 Å². The highest BCUT2D eigenvalue weighted by molar-refractivity contribution is 6.02. The molecule has 0 radical (unpaired) electrons. The summed E-state index contributed by atoms with van der Waals surface area (Å²) in [5.74, 6) is -0.905. The number of nitriles is 1. The van der Waals surface area contributed by atoms with E-state index in [2.05, 4.69) is 10.3 Å². The third-order valence-corrected chi connectivity index (χ3v) is 2.61. The second-order valence-electron chi connectivity index (χ2n) is 4.08. The molecule has 0 aliphatic rings. The van der Waals surface area contributed by atoms with Gasteiger partial charge in [0.05, 0.1) is 12.2 Å². The first kappa shape index (κ1) is 14.5. The van der Waals surface area contributed by atoms with Gasteiger partial charge in [0.25, 0.3) is 5.91 Å². The number of carbonyl (C=O) groups is 1. The largest absolute Gasteiger partial charge is 0.491 e. The Labute approximate surface area is 121 Å². The van der Waals surface area contributed by atoms with Gasteiger partial charge in [-0.1, -0.05) is 0 Å². The molecule has 0 saturated carbocycles. The summed E-state index contributed by atoms with van der Waals surface area (Å²) < 4.78 is 18.7. The number of carbonyl (C=O) groups excluding carboxylic acids is 1. The normalized spacial score (nSPS) is 9.76. The van der Waals surface area contributed by atoms with Gasteiger partial charge >= 0.3 is 0 Å². The van der Waals surface area contributed by atoms with Crippen LogP contribution in [0.3, 0.4) is 0 Å². The van der Waals surface area contributed by atoms with Gasteiger partial charge in [-0.05, 0) is 31.2 Å². The van der Waals surface area contributed by atoms with Crippen molar-refractivity contribution in [3.63, 3.8) is 0 Å². The van der Waals surface area contributed by atoms with Crippen molar-refractivity contribution < 1.29 is 13.9 Å². The molecule has 2 rings (SSSR count). The Morgan fingerprint density at radius 3 is 2.81 bits per heavy atom. The fraction of sp³-hybridized carbons (Fsp3) is 0.133. The molecule has 1 N–H and O–H groups in total. The molecule has 21 heavy (non-hydrogen) atoms. The van der Waals surface area contributed by atoms with Gasteiger partial charge in [-0.25, -0.2) is 9.37 Å². The Morgan fingerprint density at radius 1 is 1.43 bits per heavy atom. The summed E-state index contributed by atoms with van der Waals surface area (Å²) in [5.41, 5.74) is 0.800. The Bertz CT molecular complexity index is 693. The van der Waals surface area contributed by atoms with E-state index in [0.717, 1.165) is 0 Å². The highest BCUT2D eigenvalue weighted by atomic mass is 19.1. The smallest absolute Gasteiger partial charge is 0.274 e. The van der Waals surface area contributed by atoms with E-state index in [4.69, 9.17) is 10.00 Å². The molecular formula is C15H12FN3O2. The average Bonchev–Trinajstić information content (AvgIpc) is 2.50. The predicted molar refractivity (Wildman–Crippen MR) is 74.5 cm³/mol. The van der Waals surface area contributed by atoms with Gasteiger partial charge in [-0.3, -0.25) is 4.79 Å². The standard InChI is InChI=1S/C15H12FN3O2/c1-2-21-14-6-4-11(7-12(14)16)19-15(20)13-5-3-10(8-17)9-18-13/h3-7,9H,2H2,1H3,(H,19,20). The molecule has 0 aliphatic heterocycles. The first-order valence-corrected chi connectivity index (χ1v) is 6.24. The fourth-order valence-corrected chi connectivity index (χ4v) is 1.64. The number of benzene rings is 1. The summed E-state index contributed by atoms with van der Waals surface area (Å²) in [4.78, 5) is 15.8. The minimum absolute atomic E-state index is 0.131. The van der Waals surface area contributed by atoms with Crippen LogP contribution in [0.4, 0.5) is 10.1 Å². The number of aromatic nitrogens is 1. The Hall–Kier alpha value is -2.94. The molecular weight excluding hydrogens is 273 g/mol. The molecule has 0 unspecified atom stereocenters. The number of pyridine rings is 1. The third kappa shape index (κ3) is 3.54. The van der Waals surface area contributed by atoms with E-state index in [-0.39, 0.29) is 11.4 Å². The highest BCUT2D eigenvalue weighted by Gasteiger charge is 2.10. The number of nitrogens with zero attached hydrogens (tertiary/aromatic N) is 2. The monoisotopic (exact) mass is 285 g/mol. The molecule has 1 aromatic heterocycles. The highest BCUT2D eigenvalue weighted by Crippen LogP contribution is 2.21. The predicted octanol–water partition coefficient (Wildman–Crippen LogP) is 2.74. The van der Waals surface area contributed by atoms with E-state index < -0.39 is 11.7 Å². The first-order chi connectivity index (χ1) is 10.1. The van der Waals surface area contributed by atoms with Crippen molar-refractivity contribution in [1.82, 2.24) is 4.98 Å². The quantitative estimate of drug-likeness (QED) is 0.937. The van der Waals surface area contributed by atoms with Crippen molar-refractivity contribution in [2.45, 2.75) is 6.92 Å². The van der Waals surface area contributed by atoms with Crippen LogP contribution in [0, 0.1) is 17.1 Å². The van der Waals surface area contributed by atoms with E-state index in [1.807, 2.05) is 6.07 Å². The Morgan fingerprint density at radius 2 is 2.24 bits per heavy atom. The van der Waals surface area contributed by atoms with Gasteiger partial charge < -0.3 is 10.1 Å². The summed E-state index contributed by atoms with van der Waals surface area (Å²) >= 11 is 0. The number of anilines is 1. The fourth-order valence-electron chi connectivity index (χ4n) is 1.64. The van der Waals surface area contributed by atoms with E-state index >= 15 is 0 Å². The van der Waals surface area contributed by atoms with E-state index in [1.54, 1.807) is 6.92 Å². The van der Waals surface area contributed by atoms with Crippen molar-refractivity contribution in [3.05, 3.63) is 53.6 Å². The second-order valence-corrected chi connectivity index (χ2v) is 4.08. The maximum Gasteiger partial charge on any atom is 0.274 e. The molecule has 1 heterocycles. The van der Waals surface area contributed by atoms with Crippen LogP contribution in [-0.2, 0) is 0 Å². The maximum atomic E-state index is 13.7. The lowest BCUT2D eigenvalue weighted by Gasteiger charge is -2.08. The van der Waals surface area contributed by atoms with Crippen molar-refractivity contribution in [1.29, 1.82) is 5.26 Å². The first-order valence-electron chi connectivity index (χ1n) is 6.24. The molecule has 0 atom stereocenters. The lowest BCUT2D eigenvalue weighted by Crippen LogP contribution is -2.13. The molecule has 0 bridgehead atoms. The lowest BCUT2D eigenvalue weighted by molar-refractivity contribution is 0.102. The number of hydrogen-bond acceptors (Lipinski definition) is 4. The van der Waals surface area contributed by atoms with Gasteiger partial charge in [-0.15, -0.1) is 0 Å². The van der Waals surface area contributed by atoms with Gasteiger partial charge in [0.2, 0.25) is 0 Å². The van der Waals surface area contributed by atoms with E-state index in [9.17, 15) is 9.18 Å². The zero-order valence-corrected chi connectivity index (χ0v) is 11.3. The van der Waals surface area contributed by atoms with Crippen LogP contribution in [-0.4, -0.2) is 17.5 Å². The number of amides is 1. The van der Waals surface area contributed by atoms with Crippen LogP contribution in [0.2, 0.25) is 0 Å². The zero-order valence-electron chi connectivity index (χ0n) is 11.3. The minimum Gasteiger partial charge on any atom is -0.491 e. The van der Waals surface area contributed by atoms with Crippen molar-refractivity contribution >= 4 is 11.6 Å². The van der Waals surface area contributed by atoms with Crippen LogP contribution in [0.15, 0.2) is 36.5 Å². The third-order valence-electron chi connectivity index (χ3n) is 2.61. The van der Waals surface area contributed by atoms with Crippen LogP contribution < -0.4 is 10.1 Å². The molecule has 1 amide bonds. The molecule has 0 fully saturated rings. The summed E-state index contributed by atoms with van der Waals surface area (Å²) in [6.07, 6.45) is 1.30. The van der Waals surface area contributed by atoms with Crippen LogP contribution >= 0.6 is 0 Å². The molecule has 1 aromatic carbocycles. The minimum atomic E-state index is -0.553. The number of ether oxygens (including phenoxy) is 1. The summed E-state index contributed by atoms with van der Waals surface area (Å²) in [6, 6.07) is 8.98. The van der Waals surface area contributed by atoms with Crippen LogP contribution in [0.25, 0.3) is 0 Å². The summed E-state index contributed by atoms with van der Waals surface area (Å²) in [5, 5.41) is 11.2. The van der Waals surface area contributed by atoms with Crippen LogP contribution in [0.5, 0.6) is 5.75 Å². The summed E-state index contributed by atoms with van der Waals surface area (Å²) in [6.45, 7) is 2.11. The van der Waals surface area contributed by atoms with Crippen molar-refractivity contribution in [2.75, 3.05) is 11.9 Å². The molecule has 106 valence electrons. The number of nitrogens with one attached hydrogen (secondary N) is 1. The number of rotatable bonds is 4. The molecule has 2 aromatic rings. The molecule has 0 saturated heterocycles. The van der Waals surface area contributed by atoms with Gasteiger partial charge in [0.1, 0.15) is 11.8 Å². The molecule has 6 heteroatoms. The zero-order chi connectivity index (χ0) is 15.2. The Kier molecular flexibility index (Phi) is 4.46. The second kappa shape index (κ2) is 6.48. The van der Waals surface area contributed by atoms with E-state index in [1.165, 1.54) is 36.5 Å². The molecule has 0 aliphatic carbocycles. The maximum absolute atomic E-state index is 13.7. The molecule has 0 spiro atoms.